The first-order valence-electron chi connectivity index (χ1n) is 8.67. The Labute approximate surface area is 152 Å². The normalized spacial score (nSPS) is 10.7. The van der Waals surface area contributed by atoms with Crippen molar-refractivity contribution in [2.45, 2.75) is 33.1 Å². The van der Waals surface area contributed by atoms with E-state index in [-0.39, 0.29) is 18.1 Å². The van der Waals surface area contributed by atoms with Crippen molar-refractivity contribution in [3.05, 3.63) is 71.4 Å². The number of carbonyl (C=O) groups is 1. The molecular formula is C21H21FN2O2. The van der Waals surface area contributed by atoms with Crippen LogP contribution >= 0.6 is 0 Å². The van der Waals surface area contributed by atoms with Crippen LogP contribution in [0.5, 0.6) is 0 Å². The summed E-state index contributed by atoms with van der Waals surface area (Å²) in [7, 11) is 0. The van der Waals surface area contributed by atoms with Gasteiger partial charge in [0.2, 0.25) is 11.8 Å². The van der Waals surface area contributed by atoms with Crippen molar-refractivity contribution in [1.29, 1.82) is 0 Å². The van der Waals surface area contributed by atoms with Crippen molar-refractivity contribution in [3.8, 4) is 11.5 Å². The van der Waals surface area contributed by atoms with Crippen LogP contribution in [-0.2, 0) is 17.6 Å². The predicted octanol–water partition coefficient (Wildman–Crippen LogP) is 4.92. The van der Waals surface area contributed by atoms with Crippen molar-refractivity contribution < 1.29 is 13.6 Å². The molecule has 0 aliphatic rings. The number of halogens is 1. The van der Waals surface area contributed by atoms with Gasteiger partial charge in [0.1, 0.15) is 11.6 Å². The van der Waals surface area contributed by atoms with E-state index in [1.54, 1.807) is 19.1 Å². The first-order chi connectivity index (χ1) is 12.6. The average molecular weight is 352 g/mol. The van der Waals surface area contributed by atoms with Gasteiger partial charge in [-0.05, 0) is 49.2 Å². The van der Waals surface area contributed by atoms with Gasteiger partial charge in [0.05, 0.1) is 12.1 Å². The molecule has 0 aliphatic heterocycles. The molecule has 0 fully saturated rings. The Bertz CT molecular complexity index is 904. The Balaban J connectivity index is 1.78. The van der Waals surface area contributed by atoms with Crippen LogP contribution in [0.25, 0.3) is 11.5 Å². The first kappa shape index (κ1) is 17.9. The third-order valence-electron chi connectivity index (χ3n) is 4.05. The minimum absolute atomic E-state index is 0.0889. The maximum atomic E-state index is 13.3. The number of hydrogen-bond donors (Lipinski definition) is 1. The SMILES string of the molecule is CCCc1nc(-c2ccccc2)oc1CC(=O)Nc1ccc(F)c(C)c1. The van der Waals surface area contributed by atoms with Crippen molar-refractivity contribution in [3.63, 3.8) is 0 Å². The zero-order valence-corrected chi connectivity index (χ0v) is 14.9. The summed E-state index contributed by atoms with van der Waals surface area (Å²) in [5.41, 5.74) is 2.73. The number of nitrogens with zero attached hydrogens (tertiary/aromatic N) is 1. The summed E-state index contributed by atoms with van der Waals surface area (Å²) >= 11 is 0. The fourth-order valence-corrected chi connectivity index (χ4v) is 2.73. The summed E-state index contributed by atoms with van der Waals surface area (Å²) in [5.74, 6) is 0.580. The number of aryl methyl sites for hydroxylation is 2. The van der Waals surface area contributed by atoms with Crippen LogP contribution in [0.2, 0.25) is 0 Å². The molecule has 4 nitrogen and oxygen atoms in total. The number of anilines is 1. The number of nitrogens with one attached hydrogen (secondary N) is 1. The molecule has 0 atom stereocenters. The Kier molecular flexibility index (Phi) is 5.46. The smallest absolute Gasteiger partial charge is 0.232 e. The molecule has 134 valence electrons. The van der Waals surface area contributed by atoms with Gasteiger partial charge >= 0.3 is 0 Å². The standard InChI is InChI=1S/C21H21FN2O2/c1-3-7-18-19(26-21(24-18)15-8-5-4-6-9-15)13-20(25)23-16-10-11-17(22)14(2)12-16/h4-6,8-12H,3,7,13H2,1-2H3,(H,23,25). The third kappa shape index (κ3) is 4.17. The average Bonchev–Trinajstić information content (AvgIpc) is 3.02. The fourth-order valence-electron chi connectivity index (χ4n) is 2.73. The number of benzene rings is 2. The summed E-state index contributed by atoms with van der Waals surface area (Å²) < 4.78 is 19.2. The van der Waals surface area contributed by atoms with Gasteiger partial charge in [-0.1, -0.05) is 31.5 Å². The predicted molar refractivity (Wildman–Crippen MR) is 99.4 cm³/mol. The molecule has 0 bridgehead atoms. The summed E-state index contributed by atoms with van der Waals surface area (Å²) in [6, 6.07) is 14.1. The van der Waals surface area contributed by atoms with Crippen LogP contribution in [0.3, 0.4) is 0 Å². The van der Waals surface area contributed by atoms with Crippen LogP contribution in [0, 0.1) is 12.7 Å². The highest BCUT2D eigenvalue weighted by atomic mass is 19.1. The molecule has 5 heteroatoms. The van der Waals surface area contributed by atoms with E-state index in [9.17, 15) is 9.18 Å². The van der Waals surface area contributed by atoms with Crippen molar-refractivity contribution in [2.24, 2.45) is 0 Å². The Hall–Kier alpha value is -2.95. The van der Waals surface area contributed by atoms with Gasteiger partial charge in [0.25, 0.3) is 0 Å². The molecule has 3 aromatic rings. The van der Waals surface area contributed by atoms with Crippen LogP contribution in [0.1, 0.15) is 30.4 Å². The molecule has 0 saturated carbocycles. The number of aromatic nitrogens is 1. The third-order valence-corrected chi connectivity index (χ3v) is 4.05. The van der Waals surface area contributed by atoms with Crippen molar-refractivity contribution in [1.82, 2.24) is 4.98 Å². The zero-order valence-electron chi connectivity index (χ0n) is 14.9. The van der Waals surface area contributed by atoms with Crippen LogP contribution in [-0.4, -0.2) is 10.9 Å². The van der Waals surface area contributed by atoms with Gasteiger partial charge in [-0.2, -0.15) is 0 Å². The molecule has 0 aliphatic carbocycles. The Morgan fingerprint density at radius 3 is 2.65 bits per heavy atom. The van der Waals surface area contributed by atoms with E-state index in [0.717, 1.165) is 24.1 Å². The fraction of sp³-hybridized carbons (Fsp3) is 0.238. The van der Waals surface area contributed by atoms with Gasteiger partial charge in [-0.25, -0.2) is 9.37 Å². The zero-order chi connectivity index (χ0) is 18.5. The maximum Gasteiger partial charge on any atom is 0.232 e. The van der Waals surface area contributed by atoms with Gasteiger partial charge < -0.3 is 9.73 Å². The molecule has 0 saturated heterocycles. The minimum atomic E-state index is -0.295. The monoisotopic (exact) mass is 352 g/mol. The summed E-state index contributed by atoms with van der Waals surface area (Å²) in [5, 5.41) is 2.78. The quantitative estimate of drug-likeness (QED) is 0.685. The van der Waals surface area contributed by atoms with E-state index in [1.807, 2.05) is 30.3 Å². The summed E-state index contributed by atoms with van der Waals surface area (Å²) in [6.45, 7) is 3.72. The highest BCUT2D eigenvalue weighted by molar-refractivity contribution is 5.92. The molecule has 3 rings (SSSR count). The second-order valence-corrected chi connectivity index (χ2v) is 6.19. The highest BCUT2D eigenvalue weighted by Gasteiger charge is 2.17. The van der Waals surface area contributed by atoms with Crippen LogP contribution < -0.4 is 5.32 Å². The highest BCUT2D eigenvalue weighted by Crippen LogP contribution is 2.23. The van der Waals surface area contributed by atoms with Gasteiger partial charge in [-0.3, -0.25) is 4.79 Å². The summed E-state index contributed by atoms with van der Waals surface area (Å²) in [4.78, 5) is 16.9. The van der Waals surface area contributed by atoms with E-state index >= 15 is 0 Å². The molecule has 0 radical (unpaired) electrons. The van der Waals surface area contributed by atoms with Gasteiger partial charge in [-0.15, -0.1) is 0 Å². The Morgan fingerprint density at radius 1 is 1.19 bits per heavy atom. The van der Waals surface area contributed by atoms with E-state index in [4.69, 9.17) is 4.42 Å². The topological polar surface area (TPSA) is 55.1 Å². The lowest BCUT2D eigenvalue weighted by Crippen LogP contribution is -2.15. The van der Waals surface area contributed by atoms with Gasteiger partial charge in [0, 0.05) is 11.3 Å². The number of rotatable bonds is 6. The second kappa shape index (κ2) is 7.95. The largest absolute Gasteiger partial charge is 0.440 e. The molecule has 2 aromatic carbocycles. The molecule has 1 heterocycles. The number of carbonyl (C=O) groups excluding carboxylic acids is 1. The van der Waals surface area contributed by atoms with E-state index in [2.05, 4.69) is 17.2 Å². The molecular weight excluding hydrogens is 331 g/mol. The van der Waals surface area contributed by atoms with E-state index in [1.165, 1.54) is 6.07 Å². The molecule has 1 amide bonds. The number of oxazole rings is 1. The Morgan fingerprint density at radius 2 is 1.96 bits per heavy atom. The lowest BCUT2D eigenvalue weighted by atomic mass is 10.1. The summed E-state index contributed by atoms with van der Waals surface area (Å²) in [6.07, 6.45) is 1.74. The number of hydrogen-bond acceptors (Lipinski definition) is 3. The van der Waals surface area contributed by atoms with E-state index < -0.39 is 0 Å². The maximum absolute atomic E-state index is 13.3. The number of amides is 1. The molecule has 1 N–H and O–H groups in total. The van der Waals surface area contributed by atoms with Crippen molar-refractivity contribution in [2.75, 3.05) is 5.32 Å². The lowest BCUT2D eigenvalue weighted by molar-refractivity contribution is -0.115. The lowest BCUT2D eigenvalue weighted by Gasteiger charge is -2.06. The molecule has 26 heavy (non-hydrogen) atoms. The first-order valence-corrected chi connectivity index (χ1v) is 8.67. The molecule has 0 spiro atoms. The van der Waals surface area contributed by atoms with Gasteiger partial charge in [0.15, 0.2) is 0 Å². The molecule has 1 aromatic heterocycles. The van der Waals surface area contributed by atoms with Crippen LogP contribution in [0.15, 0.2) is 52.9 Å². The van der Waals surface area contributed by atoms with Crippen molar-refractivity contribution >= 4 is 11.6 Å². The second-order valence-electron chi connectivity index (χ2n) is 6.19. The molecule has 0 unspecified atom stereocenters. The van der Waals surface area contributed by atoms with E-state index in [0.29, 0.717) is 22.9 Å². The minimum Gasteiger partial charge on any atom is -0.440 e. The van der Waals surface area contributed by atoms with Crippen LogP contribution in [0.4, 0.5) is 10.1 Å².